The molecule has 2 aromatic heterocycles. The fraction of sp³-hybridized carbons (Fsp3) is 0.444. The van der Waals surface area contributed by atoms with E-state index in [0.717, 1.165) is 17.7 Å². The lowest BCUT2D eigenvalue weighted by Crippen LogP contribution is -2.42. The number of likely N-dealkylation sites (tertiary alicyclic amines) is 1. The van der Waals surface area contributed by atoms with E-state index < -0.39 is 5.60 Å². The monoisotopic (exact) mass is 571 g/mol. The Bertz CT molecular complexity index is 1260. The topological polar surface area (TPSA) is 116 Å². The molecule has 0 aliphatic carbocycles. The number of pyridine rings is 1. The van der Waals surface area contributed by atoms with Crippen LogP contribution in [-0.2, 0) is 14.3 Å². The van der Waals surface area contributed by atoms with Gasteiger partial charge in [-0.1, -0.05) is 18.2 Å². The third kappa shape index (κ3) is 8.56. The smallest absolute Gasteiger partial charge is 0.410 e. The highest BCUT2D eigenvalue weighted by atomic mass is 32.2. The largest absolute Gasteiger partial charge is 0.469 e. The summed E-state index contributed by atoms with van der Waals surface area (Å²) in [6, 6.07) is 11.3. The Morgan fingerprint density at radius 1 is 1.23 bits per heavy atom. The van der Waals surface area contributed by atoms with Gasteiger partial charge in [-0.15, -0.1) is 11.8 Å². The van der Waals surface area contributed by atoms with Crippen molar-refractivity contribution in [1.29, 1.82) is 0 Å². The van der Waals surface area contributed by atoms with E-state index in [1.165, 1.54) is 30.4 Å². The van der Waals surface area contributed by atoms with Crippen molar-refractivity contribution in [3.8, 4) is 11.5 Å². The van der Waals surface area contributed by atoms with Gasteiger partial charge in [0.05, 0.1) is 13.5 Å². The zero-order valence-corrected chi connectivity index (χ0v) is 24.1. The van der Waals surface area contributed by atoms with Crippen molar-refractivity contribution in [1.82, 2.24) is 19.2 Å². The van der Waals surface area contributed by atoms with Crippen molar-refractivity contribution in [3.63, 3.8) is 0 Å². The number of thioether (sulfide) groups is 1. The predicted molar refractivity (Wildman–Crippen MR) is 151 cm³/mol. The van der Waals surface area contributed by atoms with Crippen LogP contribution in [0.3, 0.4) is 0 Å². The summed E-state index contributed by atoms with van der Waals surface area (Å²) in [5.41, 5.74) is -0.540. The van der Waals surface area contributed by atoms with Gasteiger partial charge >= 0.3 is 12.1 Å². The number of ether oxygens (including phenoxy) is 3. The number of nitrogens with one attached hydrogen (secondary N) is 1. The van der Waals surface area contributed by atoms with E-state index in [2.05, 4.69) is 14.7 Å². The van der Waals surface area contributed by atoms with Crippen LogP contribution >= 0.6 is 23.3 Å². The maximum Gasteiger partial charge on any atom is 0.410 e. The maximum atomic E-state index is 12.6. The molecule has 0 radical (unpaired) electrons. The van der Waals surface area contributed by atoms with E-state index in [4.69, 9.17) is 19.2 Å². The number of methoxy groups -OCH3 is 1. The summed E-state index contributed by atoms with van der Waals surface area (Å²) in [6.45, 7) is 6.77. The number of nitrogens with zero attached hydrogens (tertiary/aromatic N) is 4. The Morgan fingerprint density at radius 2 is 2.03 bits per heavy atom. The average molecular weight is 572 g/mol. The molecule has 0 bridgehead atoms. The summed E-state index contributed by atoms with van der Waals surface area (Å²) < 4.78 is 21.0. The molecule has 1 saturated heterocycles. The summed E-state index contributed by atoms with van der Waals surface area (Å²) in [4.78, 5) is 35.9. The fourth-order valence-corrected chi connectivity index (χ4v) is 5.35. The fourth-order valence-electron chi connectivity index (χ4n) is 3.88. The molecule has 1 fully saturated rings. The molecule has 1 N–H and O–H groups in total. The number of para-hydroxylation sites is 1. The lowest BCUT2D eigenvalue weighted by Gasteiger charge is -2.33. The Balaban J connectivity index is 1.46. The van der Waals surface area contributed by atoms with Gasteiger partial charge in [-0.25, -0.2) is 14.8 Å². The van der Waals surface area contributed by atoms with E-state index in [-0.39, 0.29) is 18.0 Å². The van der Waals surface area contributed by atoms with E-state index in [1.54, 1.807) is 11.1 Å². The van der Waals surface area contributed by atoms with Gasteiger partial charge in [0.15, 0.2) is 11.6 Å². The lowest BCUT2D eigenvalue weighted by molar-refractivity contribution is -0.140. The molecule has 1 aliphatic heterocycles. The molecular formula is C27H33N5O5S2. The number of amides is 1. The Labute approximate surface area is 236 Å². The number of carbonyl (C=O) groups excluding carboxylic acids is 2. The van der Waals surface area contributed by atoms with Gasteiger partial charge in [-0.2, -0.15) is 4.37 Å². The van der Waals surface area contributed by atoms with E-state index >= 15 is 0 Å². The first-order valence-corrected chi connectivity index (χ1v) is 14.5. The Morgan fingerprint density at radius 3 is 2.77 bits per heavy atom. The van der Waals surface area contributed by atoms with Crippen molar-refractivity contribution < 1.29 is 23.8 Å². The SMILES string of the molecule is COC(=O)CCSc1cnc(Nc2nc(C3CCCN(C(=O)OC(C)(C)C)C3)ns2)c(Oc2ccccc2)c1. The van der Waals surface area contributed by atoms with Crippen LogP contribution in [-0.4, -0.2) is 62.9 Å². The molecule has 0 spiro atoms. The third-order valence-electron chi connectivity index (χ3n) is 5.71. The summed E-state index contributed by atoms with van der Waals surface area (Å²) in [5.74, 6) is 2.71. The van der Waals surface area contributed by atoms with Gasteiger partial charge in [0, 0.05) is 47.4 Å². The zero-order valence-electron chi connectivity index (χ0n) is 22.5. The number of benzene rings is 1. The molecule has 39 heavy (non-hydrogen) atoms. The predicted octanol–water partition coefficient (Wildman–Crippen LogP) is 6.24. The summed E-state index contributed by atoms with van der Waals surface area (Å²) in [5, 5.41) is 3.83. The molecule has 0 saturated carbocycles. The third-order valence-corrected chi connectivity index (χ3v) is 7.32. The highest BCUT2D eigenvalue weighted by Gasteiger charge is 2.30. The van der Waals surface area contributed by atoms with Crippen molar-refractivity contribution in [2.24, 2.45) is 0 Å². The number of esters is 1. The minimum Gasteiger partial charge on any atom is -0.469 e. The van der Waals surface area contributed by atoms with Gasteiger partial charge in [0.25, 0.3) is 0 Å². The first-order valence-electron chi connectivity index (χ1n) is 12.7. The molecule has 4 rings (SSSR count). The number of hydrogen-bond donors (Lipinski definition) is 1. The van der Waals surface area contributed by atoms with Gasteiger partial charge < -0.3 is 24.4 Å². The molecule has 1 aliphatic rings. The second-order valence-electron chi connectivity index (χ2n) is 9.96. The number of aromatic nitrogens is 3. The maximum absolute atomic E-state index is 12.6. The highest BCUT2D eigenvalue weighted by molar-refractivity contribution is 7.99. The van der Waals surface area contributed by atoms with Crippen LogP contribution in [0.4, 0.5) is 15.7 Å². The zero-order chi connectivity index (χ0) is 27.8. The molecule has 12 heteroatoms. The number of hydrogen-bond acceptors (Lipinski definition) is 11. The number of carbonyl (C=O) groups is 2. The van der Waals surface area contributed by atoms with Crippen LogP contribution in [0.1, 0.15) is 51.8 Å². The molecule has 1 aromatic carbocycles. The van der Waals surface area contributed by atoms with E-state index in [1.807, 2.05) is 57.2 Å². The van der Waals surface area contributed by atoms with Crippen molar-refractivity contribution in [3.05, 3.63) is 48.4 Å². The molecular weight excluding hydrogens is 538 g/mol. The lowest BCUT2D eigenvalue weighted by atomic mass is 9.98. The van der Waals surface area contributed by atoms with Crippen molar-refractivity contribution in [2.45, 2.75) is 56.4 Å². The summed E-state index contributed by atoms with van der Waals surface area (Å²) >= 11 is 2.73. The van der Waals surface area contributed by atoms with Gasteiger partial charge in [-0.3, -0.25) is 4.79 Å². The summed E-state index contributed by atoms with van der Waals surface area (Å²) in [7, 11) is 1.38. The second kappa shape index (κ2) is 13.1. The number of anilines is 2. The van der Waals surface area contributed by atoms with Crippen LogP contribution in [0, 0.1) is 0 Å². The van der Waals surface area contributed by atoms with Crippen LogP contribution < -0.4 is 10.1 Å². The number of rotatable bonds is 9. The standard InChI is InChI=1S/C27H33N5O5S2/c1-27(2,3)37-26(34)32-13-8-9-18(17-32)23-29-25(39-31-23)30-24-21(36-19-10-6-5-7-11-19)15-20(16-28-24)38-14-12-22(33)35-4/h5-7,10-11,15-16,18H,8-9,12-14,17H2,1-4H3,(H,28,29,30,31). The van der Waals surface area contributed by atoms with Gasteiger partial charge in [-0.05, 0) is 51.8 Å². The molecule has 10 nitrogen and oxygen atoms in total. The van der Waals surface area contributed by atoms with Crippen LogP contribution in [0.25, 0.3) is 0 Å². The van der Waals surface area contributed by atoms with Crippen molar-refractivity contribution >= 4 is 46.3 Å². The number of piperidine rings is 1. The van der Waals surface area contributed by atoms with Crippen molar-refractivity contribution in [2.75, 3.05) is 31.3 Å². The molecule has 3 aromatic rings. The van der Waals surface area contributed by atoms with Crippen LogP contribution in [0.2, 0.25) is 0 Å². The molecule has 1 atom stereocenters. The average Bonchev–Trinajstić information content (AvgIpc) is 3.38. The van der Waals surface area contributed by atoms with E-state index in [9.17, 15) is 9.59 Å². The molecule has 208 valence electrons. The van der Waals surface area contributed by atoms with Crippen LogP contribution in [0.15, 0.2) is 47.5 Å². The highest BCUT2D eigenvalue weighted by Crippen LogP contribution is 2.35. The first kappa shape index (κ1) is 28.6. The first-order chi connectivity index (χ1) is 18.7. The van der Waals surface area contributed by atoms with Gasteiger partial charge in [0.2, 0.25) is 5.13 Å². The molecule has 3 heterocycles. The normalized spacial score (nSPS) is 15.5. The Hall–Kier alpha value is -3.38. The van der Waals surface area contributed by atoms with Crippen LogP contribution in [0.5, 0.6) is 11.5 Å². The summed E-state index contributed by atoms with van der Waals surface area (Å²) in [6.07, 6.45) is 3.47. The minimum atomic E-state index is -0.540. The molecule has 1 unspecified atom stereocenters. The molecule has 1 amide bonds. The van der Waals surface area contributed by atoms with E-state index in [0.29, 0.717) is 53.5 Å². The minimum absolute atomic E-state index is 0.0275. The Kier molecular flexibility index (Phi) is 9.63. The quantitative estimate of drug-likeness (QED) is 0.234. The van der Waals surface area contributed by atoms with Gasteiger partial charge in [0.1, 0.15) is 17.2 Å². The second-order valence-corrected chi connectivity index (χ2v) is 11.9.